The average Bonchev–Trinajstić information content (AvgIpc) is 2.96. The first-order valence-electron chi connectivity index (χ1n) is 12.4. The SMILES string of the molecule is N#CC[C@H]1CN(c2cc(C(=O)Nc3cccc4ccccc34)nc(Cl)n2)CCN1C(=O)OCc1ccccc1. The molecule has 0 spiro atoms. The summed E-state index contributed by atoms with van der Waals surface area (Å²) in [6, 6.07) is 26.1. The molecule has 1 fully saturated rings. The van der Waals surface area contributed by atoms with Crippen LogP contribution < -0.4 is 10.2 Å². The van der Waals surface area contributed by atoms with E-state index in [0.29, 0.717) is 31.1 Å². The molecule has 196 valence electrons. The third-order valence-electron chi connectivity index (χ3n) is 6.53. The monoisotopic (exact) mass is 540 g/mol. The fourth-order valence-corrected chi connectivity index (χ4v) is 4.77. The Bertz CT molecular complexity index is 1540. The van der Waals surface area contributed by atoms with Crippen molar-refractivity contribution >= 4 is 45.9 Å². The van der Waals surface area contributed by atoms with E-state index in [4.69, 9.17) is 16.3 Å². The maximum Gasteiger partial charge on any atom is 0.410 e. The number of halogens is 1. The van der Waals surface area contributed by atoms with Gasteiger partial charge in [0.2, 0.25) is 5.28 Å². The van der Waals surface area contributed by atoms with Gasteiger partial charge in [-0.3, -0.25) is 4.79 Å². The molecule has 2 amide bonds. The number of aromatic nitrogens is 2. The van der Waals surface area contributed by atoms with Crippen LogP contribution in [-0.4, -0.2) is 52.5 Å². The minimum Gasteiger partial charge on any atom is -0.445 e. The van der Waals surface area contributed by atoms with E-state index in [0.717, 1.165) is 16.3 Å². The van der Waals surface area contributed by atoms with E-state index in [1.807, 2.05) is 77.7 Å². The predicted octanol–water partition coefficient (Wildman–Crippen LogP) is 5.28. The van der Waals surface area contributed by atoms with Crippen molar-refractivity contribution in [3.05, 3.63) is 95.4 Å². The number of hydrogen-bond donors (Lipinski definition) is 1. The second-order valence-electron chi connectivity index (χ2n) is 9.06. The van der Waals surface area contributed by atoms with Gasteiger partial charge in [-0.2, -0.15) is 5.26 Å². The first kappa shape index (κ1) is 25.9. The summed E-state index contributed by atoms with van der Waals surface area (Å²) in [6.45, 7) is 1.21. The Kier molecular flexibility index (Phi) is 7.85. The Balaban J connectivity index is 1.30. The van der Waals surface area contributed by atoms with E-state index < -0.39 is 18.0 Å². The van der Waals surface area contributed by atoms with Crippen LogP contribution in [0.15, 0.2) is 78.9 Å². The molecule has 0 aliphatic carbocycles. The highest BCUT2D eigenvalue weighted by Gasteiger charge is 2.32. The van der Waals surface area contributed by atoms with Crippen molar-refractivity contribution in [1.82, 2.24) is 14.9 Å². The van der Waals surface area contributed by atoms with Crippen molar-refractivity contribution in [2.75, 3.05) is 29.9 Å². The van der Waals surface area contributed by atoms with Gasteiger partial charge in [-0.25, -0.2) is 14.8 Å². The standard InChI is InChI=1S/C29H25ClN6O3/c30-28-33-25(27(37)32-24-12-6-10-21-9-4-5-11-23(21)24)17-26(34-28)35-15-16-36(22(18-35)13-14-31)29(38)39-19-20-7-2-1-3-8-20/h1-12,17,22H,13,15-16,18-19H2,(H,32,37)/t22-/m0/s1. The van der Waals surface area contributed by atoms with E-state index in [-0.39, 0.29) is 24.0 Å². The molecular weight excluding hydrogens is 516 g/mol. The van der Waals surface area contributed by atoms with Crippen molar-refractivity contribution in [3.8, 4) is 6.07 Å². The summed E-state index contributed by atoms with van der Waals surface area (Å²) in [5.41, 5.74) is 1.65. The normalized spacial score (nSPS) is 15.0. The number of nitrogens with zero attached hydrogens (tertiary/aromatic N) is 5. The zero-order valence-corrected chi connectivity index (χ0v) is 21.7. The summed E-state index contributed by atoms with van der Waals surface area (Å²) >= 11 is 6.22. The molecule has 2 heterocycles. The van der Waals surface area contributed by atoms with Crippen molar-refractivity contribution in [2.24, 2.45) is 0 Å². The highest BCUT2D eigenvalue weighted by atomic mass is 35.5. The summed E-state index contributed by atoms with van der Waals surface area (Å²) in [5, 5.41) is 14.2. The molecular formula is C29H25ClN6O3. The van der Waals surface area contributed by atoms with Gasteiger partial charge in [-0.05, 0) is 28.6 Å². The van der Waals surface area contributed by atoms with E-state index in [2.05, 4.69) is 21.4 Å². The molecule has 0 radical (unpaired) electrons. The Morgan fingerprint density at radius 2 is 1.79 bits per heavy atom. The van der Waals surface area contributed by atoms with Gasteiger partial charge in [-0.1, -0.05) is 66.7 Å². The van der Waals surface area contributed by atoms with Gasteiger partial charge in [0.1, 0.15) is 18.1 Å². The molecule has 1 saturated heterocycles. The van der Waals surface area contributed by atoms with E-state index >= 15 is 0 Å². The lowest BCUT2D eigenvalue weighted by molar-refractivity contribution is 0.0768. The van der Waals surface area contributed by atoms with Gasteiger partial charge in [0.25, 0.3) is 5.91 Å². The van der Waals surface area contributed by atoms with E-state index in [1.165, 1.54) is 0 Å². The van der Waals surface area contributed by atoms with Gasteiger partial charge >= 0.3 is 6.09 Å². The minimum absolute atomic E-state index is 0.0721. The second-order valence-corrected chi connectivity index (χ2v) is 9.39. The highest BCUT2D eigenvalue weighted by molar-refractivity contribution is 6.28. The van der Waals surface area contributed by atoms with Crippen LogP contribution >= 0.6 is 11.6 Å². The molecule has 1 atom stereocenters. The molecule has 3 aromatic carbocycles. The number of carbonyl (C=O) groups excluding carboxylic acids is 2. The van der Waals surface area contributed by atoms with Crippen LogP contribution in [0.25, 0.3) is 10.8 Å². The molecule has 1 aromatic heterocycles. The Morgan fingerprint density at radius 3 is 2.62 bits per heavy atom. The summed E-state index contributed by atoms with van der Waals surface area (Å²) in [5.74, 6) is 0.0203. The molecule has 0 bridgehead atoms. The van der Waals surface area contributed by atoms with E-state index in [1.54, 1.807) is 11.0 Å². The Labute approximate surface area is 230 Å². The van der Waals surface area contributed by atoms with Crippen molar-refractivity contribution in [3.63, 3.8) is 0 Å². The zero-order valence-electron chi connectivity index (χ0n) is 21.0. The number of anilines is 2. The predicted molar refractivity (Wildman–Crippen MR) is 149 cm³/mol. The number of fused-ring (bicyclic) bond motifs is 1. The van der Waals surface area contributed by atoms with Crippen LogP contribution in [0, 0.1) is 11.3 Å². The third-order valence-corrected chi connectivity index (χ3v) is 6.70. The first-order chi connectivity index (χ1) is 19.0. The number of carbonyl (C=O) groups is 2. The summed E-state index contributed by atoms with van der Waals surface area (Å²) in [7, 11) is 0. The fourth-order valence-electron chi connectivity index (χ4n) is 4.59. The molecule has 39 heavy (non-hydrogen) atoms. The van der Waals surface area contributed by atoms with Gasteiger partial charge in [0.05, 0.1) is 18.5 Å². The van der Waals surface area contributed by atoms with Crippen LogP contribution in [-0.2, 0) is 11.3 Å². The lowest BCUT2D eigenvalue weighted by atomic mass is 10.1. The summed E-state index contributed by atoms with van der Waals surface area (Å²) < 4.78 is 5.50. The van der Waals surface area contributed by atoms with Crippen LogP contribution in [0.2, 0.25) is 5.28 Å². The molecule has 5 rings (SSSR count). The summed E-state index contributed by atoms with van der Waals surface area (Å²) in [4.78, 5) is 37.9. The molecule has 0 unspecified atom stereocenters. The maximum absolute atomic E-state index is 13.2. The number of nitrogens with one attached hydrogen (secondary N) is 1. The number of nitriles is 1. The van der Waals surface area contributed by atoms with Crippen LogP contribution in [0.4, 0.5) is 16.3 Å². The van der Waals surface area contributed by atoms with Gasteiger partial charge in [0, 0.05) is 36.8 Å². The highest BCUT2D eigenvalue weighted by Crippen LogP contribution is 2.25. The van der Waals surface area contributed by atoms with Gasteiger partial charge in [-0.15, -0.1) is 0 Å². The van der Waals surface area contributed by atoms with Gasteiger partial charge < -0.3 is 19.9 Å². The summed E-state index contributed by atoms with van der Waals surface area (Å²) in [6.07, 6.45) is -0.362. The number of hydrogen-bond acceptors (Lipinski definition) is 7. The molecule has 9 nitrogen and oxygen atoms in total. The van der Waals surface area contributed by atoms with Crippen LogP contribution in [0.5, 0.6) is 0 Å². The maximum atomic E-state index is 13.2. The van der Waals surface area contributed by atoms with Crippen LogP contribution in [0.1, 0.15) is 22.5 Å². The number of benzene rings is 3. The number of ether oxygens (including phenoxy) is 1. The minimum atomic E-state index is -0.477. The molecule has 1 N–H and O–H groups in total. The number of piperazine rings is 1. The fraction of sp³-hybridized carbons (Fsp3) is 0.207. The van der Waals surface area contributed by atoms with Crippen molar-refractivity contribution in [1.29, 1.82) is 5.26 Å². The van der Waals surface area contributed by atoms with Crippen LogP contribution in [0.3, 0.4) is 0 Å². The number of amides is 2. The molecule has 10 heteroatoms. The molecule has 4 aromatic rings. The molecule has 1 aliphatic rings. The van der Waals surface area contributed by atoms with Crippen molar-refractivity contribution < 1.29 is 14.3 Å². The largest absolute Gasteiger partial charge is 0.445 e. The van der Waals surface area contributed by atoms with Crippen molar-refractivity contribution in [2.45, 2.75) is 19.1 Å². The Hall–Kier alpha value is -4.68. The molecule has 1 aliphatic heterocycles. The number of rotatable bonds is 6. The van der Waals surface area contributed by atoms with E-state index in [9.17, 15) is 14.9 Å². The lowest BCUT2D eigenvalue weighted by Crippen LogP contribution is -2.55. The topological polar surface area (TPSA) is 111 Å². The quantitative estimate of drug-likeness (QED) is 0.331. The average molecular weight is 541 g/mol. The lowest BCUT2D eigenvalue weighted by Gasteiger charge is -2.40. The second kappa shape index (κ2) is 11.8. The first-order valence-corrected chi connectivity index (χ1v) is 12.8. The molecule has 0 saturated carbocycles. The zero-order chi connectivity index (χ0) is 27.2. The third kappa shape index (κ3) is 6.08. The van der Waals surface area contributed by atoms with Gasteiger partial charge in [0.15, 0.2) is 0 Å². The Morgan fingerprint density at radius 1 is 1.03 bits per heavy atom. The smallest absolute Gasteiger partial charge is 0.410 e.